The molecule has 0 aromatic heterocycles. The van der Waals surface area contributed by atoms with Gasteiger partial charge in [0.05, 0.1) is 0 Å². The average Bonchev–Trinajstić information content (AvgIpc) is 2.07. The predicted octanol–water partition coefficient (Wildman–Crippen LogP) is 2.30. The summed E-state index contributed by atoms with van der Waals surface area (Å²) in [5, 5.41) is 3.69. The first-order valence-corrected chi connectivity index (χ1v) is 3.46. The number of nitrogens with one attached hydrogen (secondary N) is 1. The summed E-state index contributed by atoms with van der Waals surface area (Å²) in [7, 11) is 0. The third kappa shape index (κ3) is 1.99. The fraction of sp³-hybridized carbons (Fsp3) is 0.250. The van der Waals surface area contributed by atoms with Crippen LogP contribution in [0.5, 0.6) is 0 Å². The molecule has 0 radical (unpaired) electrons. The van der Waals surface area contributed by atoms with Gasteiger partial charge in [-0.15, -0.1) is 0 Å². The van der Waals surface area contributed by atoms with Gasteiger partial charge in [0.2, 0.25) is 4.91 Å². The highest BCUT2D eigenvalue weighted by Crippen LogP contribution is 2.13. The Labute approximate surface area is 65.3 Å². The number of hydrogen-bond donors (Lipinski definition) is 1. The minimum absolute atomic E-state index is 0.00583. The van der Waals surface area contributed by atoms with E-state index in [4.69, 9.17) is 5.53 Å². The van der Waals surface area contributed by atoms with E-state index in [1.54, 1.807) is 0 Å². The van der Waals surface area contributed by atoms with Crippen LogP contribution < -0.4 is 4.91 Å². The summed E-state index contributed by atoms with van der Waals surface area (Å²) in [6, 6.07) is 9.79. The van der Waals surface area contributed by atoms with Gasteiger partial charge in [0.25, 0.3) is 0 Å². The molecule has 0 heterocycles. The van der Waals surface area contributed by atoms with Crippen LogP contribution in [0.4, 0.5) is 0 Å². The summed E-state index contributed by atoms with van der Waals surface area (Å²) in [5.41, 5.74) is 7.63. The Hall–Kier alpha value is -1.47. The fourth-order valence-corrected chi connectivity index (χ4v) is 0.885. The van der Waals surface area contributed by atoms with Gasteiger partial charge in [-0.2, -0.15) is 0 Å². The van der Waals surface area contributed by atoms with Crippen molar-refractivity contribution in [2.45, 2.75) is 13.0 Å². The second-order valence-corrected chi connectivity index (χ2v) is 2.30. The zero-order chi connectivity index (χ0) is 8.10. The SMILES string of the molecule is CC(N=[N+]=N)c1ccccc1. The Kier molecular flexibility index (Phi) is 2.53. The summed E-state index contributed by atoms with van der Waals surface area (Å²) < 4.78 is 0. The van der Waals surface area contributed by atoms with E-state index in [0.717, 1.165) is 5.56 Å². The highest BCUT2D eigenvalue weighted by molar-refractivity contribution is 5.17. The smallest absolute Gasteiger partial charge is 0.0622 e. The standard InChI is InChI=1S/C8H10N3/c1-7(10-11-9)8-5-3-2-4-6-8/h2-7,9H,1H3/q+1. The molecule has 3 heteroatoms. The molecule has 0 aliphatic rings. The number of rotatable bonds is 2. The van der Waals surface area contributed by atoms with E-state index in [9.17, 15) is 0 Å². The van der Waals surface area contributed by atoms with Crippen molar-refractivity contribution in [3.8, 4) is 0 Å². The molecule has 1 N–H and O–H groups in total. The quantitative estimate of drug-likeness (QED) is 0.494. The first kappa shape index (κ1) is 7.63. The molecule has 1 unspecified atom stereocenters. The highest BCUT2D eigenvalue weighted by Gasteiger charge is 2.05. The van der Waals surface area contributed by atoms with Gasteiger partial charge in [0.15, 0.2) is 6.04 Å². The van der Waals surface area contributed by atoms with Crippen molar-refractivity contribution in [2.75, 3.05) is 0 Å². The summed E-state index contributed by atoms with van der Waals surface area (Å²) in [6.07, 6.45) is 0. The minimum Gasteiger partial charge on any atom is -0.0622 e. The van der Waals surface area contributed by atoms with Gasteiger partial charge in [-0.1, -0.05) is 30.3 Å². The van der Waals surface area contributed by atoms with E-state index >= 15 is 0 Å². The van der Waals surface area contributed by atoms with Gasteiger partial charge in [0.1, 0.15) is 10.6 Å². The molecule has 0 bridgehead atoms. The maximum atomic E-state index is 6.54. The Morgan fingerprint density at radius 2 is 2.00 bits per heavy atom. The first-order valence-electron chi connectivity index (χ1n) is 3.46. The van der Waals surface area contributed by atoms with Gasteiger partial charge in [-0.3, -0.25) is 0 Å². The van der Waals surface area contributed by atoms with E-state index in [2.05, 4.69) is 10.0 Å². The molecule has 1 aromatic rings. The Balaban J connectivity index is 2.84. The normalized spacial score (nSPS) is 11.7. The lowest BCUT2D eigenvalue weighted by molar-refractivity contribution is 0.720. The van der Waals surface area contributed by atoms with E-state index in [1.807, 2.05) is 37.3 Å². The molecule has 0 aliphatic carbocycles. The minimum atomic E-state index is -0.00583. The molecule has 1 rings (SSSR count). The molecule has 0 saturated carbocycles. The van der Waals surface area contributed by atoms with Crippen LogP contribution in [0.25, 0.3) is 0 Å². The van der Waals surface area contributed by atoms with Gasteiger partial charge in [-0.05, 0) is 12.5 Å². The van der Waals surface area contributed by atoms with Crippen molar-refractivity contribution in [1.29, 1.82) is 5.53 Å². The Morgan fingerprint density at radius 1 is 1.36 bits per heavy atom. The van der Waals surface area contributed by atoms with Crippen LogP contribution in [0.2, 0.25) is 0 Å². The van der Waals surface area contributed by atoms with Crippen LogP contribution in [-0.2, 0) is 0 Å². The van der Waals surface area contributed by atoms with Crippen molar-refractivity contribution in [3.63, 3.8) is 0 Å². The number of nitrogens with zero attached hydrogens (tertiary/aromatic N) is 2. The largest absolute Gasteiger partial charge is 0.214 e. The fourth-order valence-electron chi connectivity index (χ4n) is 0.885. The predicted molar refractivity (Wildman–Crippen MR) is 42.1 cm³/mol. The lowest BCUT2D eigenvalue weighted by atomic mass is 10.1. The van der Waals surface area contributed by atoms with Crippen LogP contribution in [0.1, 0.15) is 18.5 Å². The van der Waals surface area contributed by atoms with Crippen LogP contribution in [0.15, 0.2) is 35.4 Å². The van der Waals surface area contributed by atoms with E-state index in [1.165, 1.54) is 0 Å². The molecule has 3 nitrogen and oxygen atoms in total. The Morgan fingerprint density at radius 3 is 2.55 bits per heavy atom. The van der Waals surface area contributed by atoms with E-state index < -0.39 is 0 Å². The van der Waals surface area contributed by atoms with E-state index in [-0.39, 0.29) is 6.04 Å². The molecular formula is C8H10N3+. The number of hydrogen-bond acceptors (Lipinski definition) is 2. The average molecular weight is 148 g/mol. The summed E-state index contributed by atoms with van der Waals surface area (Å²) in [4.78, 5) is 2.99. The van der Waals surface area contributed by atoms with Crippen LogP contribution in [0.3, 0.4) is 0 Å². The second kappa shape index (κ2) is 3.64. The monoisotopic (exact) mass is 148 g/mol. The van der Waals surface area contributed by atoms with Crippen molar-refractivity contribution < 1.29 is 0 Å². The topological polar surface area (TPSA) is 50.3 Å². The van der Waals surface area contributed by atoms with E-state index in [0.29, 0.717) is 0 Å². The van der Waals surface area contributed by atoms with Gasteiger partial charge < -0.3 is 0 Å². The molecular weight excluding hydrogens is 138 g/mol. The van der Waals surface area contributed by atoms with Gasteiger partial charge >= 0.3 is 0 Å². The van der Waals surface area contributed by atoms with Gasteiger partial charge in [-0.25, -0.2) is 0 Å². The van der Waals surface area contributed by atoms with Crippen molar-refractivity contribution in [1.82, 2.24) is 4.91 Å². The third-order valence-corrected chi connectivity index (χ3v) is 1.51. The highest BCUT2D eigenvalue weighted by atomic mass is 15.1. The van der Waals surface area contributed by atoms with Crippen LogP contribution in [-0.4, -0.2) is 0 Å². The van der Waals surface area contributed by atoms with Crippen molar-refractivity contribution in [2.24, 2.45) is 5.11 Å². The lowest BCUT2D eigenvalue weighted by Crippen LogP contribution is -1.87. The third-order valence-electron chi connectivity index (χ3n) is 1.51. The second-order valence-electron chi connectivity index (χ2n) is 2.30. The van der Waals surface area contributed by atoms with Crippen LogP contribution >= 0.6 is 0 Å². The number of benzene rings is 1. The lowest BCUT2D eigenvalue weighted by Gasteiger charge is -1.96. The maximum absolute atomic E-state index is 6.54. The molecule has 0 fully saturated rings. The van der Waals surface area contributed by atoms with Gasteiger partial charge in [0, 0.05) is 0 Å². The molecule has 11 heavy (non-hydrogen) atoms. The summed E-state index contributed by atoms with van der Waals surface area (Å²) >= 11 is 0. The molecule has 0 aliphatic heterocycles. The molecule has 0 spiro atoms. The molecule has 56 valence electrons. The molecule has 0 amide bonds. The molecule has 0 saturated heterocycles. The first-order chi connectivity index (χ1) is 5.34. The summed E-state index contributed by atoms with van der Waals surface area (Å²) in [5.74, 6) is 0. The molecule has 1 atom stereocenters. The Bertz CT molecular complexity index is 262. The molecule has 1 aromatic carbocycles. The van der Waals surface area contributed by atoms with Crippen molar-refractivity contribution in [3.05, 3.63) is 35.9 Å². The zero-order valence-corrected chi connectivity index (χ0v) is 6.36. The summed E-state index contributed by atoms with van der Waals surface area (Å²) in [6.45, 7) is 1.91. The van der Waals surface area contributed by atoms with Crippen molar-refractivity contribution >= 4 is 0 Å². The maximum Gasteiger partial charge on any atom is 0.214 e. The zero-order valence-electron chi connectivity index (χ0n) is 6.36. The van der Waals surface area contributed by atoms with Crippen LogP contribution in [0, 0.1) is 5.53 Å².